The van der Waals surface area contributed by atoms with Crippen LogP contribution in [0.25, 0.3) is 0 Å². The molecule has 1 aromatic heterocycles. The van der Waals surface area contributed by atoms with Crippen LogP contribution in [-0.4, -0.2) is 54.0 Å². The second-order valence-electron chi connectivity index (χ2n) is 5.94. The maximum absolute atomic E-state index is 12.8. The second-order valence-corrected chi connectivity index (χ2v) is 6.74. The molecule has 0 radical (unpaired) electrons. The number of carbonyl (C=O) groups excluding carboxylic acids is 2. The molecule has 3 rings (SSSR count). The van der Waals surface area contributed by atoms with Crippen LogP contribution in [0.1, 0.15) is 27.6 Å². The molecule has 1 aliphatic heterocycles. The molecule has 0 N–H and O–H groups in total. The highest BCUT2D eigenvalue weighted by atomic mass is 32.2. The van der Waals surface area contributed by atoms with Gasteiger partial charge in [-0.1, -0.05) is 0 Å². The molecule has 6 heteroatoms. The predicted molar refractivity (Wildman–Crippen MR) is 101 cm³/mol. The van der Waals surface area contributed by atoms with Gasteiger partial charge in [-0.15, -0.1) is 11.8 Å². The lowest BCUT2D eigenvalue weighted by atomic mass is 10.1. The van der Waals surface area contributed by atoms with Crippen molar-refractivity contribution >= 4 is 29.1 Å². The quantitative estimate of drug-likeness (QED) is 0.623. The Morgan fingerprint density at radius 2 is 1.72 bits per heavy atom. The molecule has 1 aromatic carbocycles. The molecule has 1 amide bonds. The third-order valence-electron chi connectivity index (χ3n) is 4.40. The molecule has 0 unspecified atom stereocenters. The minimum absolute atomic E-state index is 0.0454. The van der Waals surface area contributed by atoms with Gasteiger partial charge in [-0.25, -0.2) is 4.98 Å². The summed E-state index contributed by atoms with van der Waals surface area (Å²) in [6.07, 6.45) is 3.65. The first-order valence-corrected chi connectivity index (χ1v) is 9.47. The number of hydrogen-bond donors (Lipinski definition) is 0. The van der Waals surface area contributed by atoms with Crippen molar-refractivity contribution in [1.82, 2.24) is 9.88 Å². The summed E-state index contributed by atoms with van der Waals surface area (Å²) in [5.41, 5.74) is 2.48. The van der Waals surface area contributed by atoms with Crippen LogP contribution in [0.15, 0.2) is 47.6 Å². The molecule has 0 aliphatic carbocycles. The van der Waals surface area contributed by atoms with E-state index in [1.165, 1.54) is 11.8 Å². The summed E-state index contributed by atoms with van der Waals surface area (Å²) < 4.78 is 0. The average molecular weight is 355 g/mol. The third-order valence-corrected chi connectivity index (χ3v) is 5.11. The normalized spacial score (nSPS) is 14.5. The first-order chi connectivity index (χ1) is 12.1. The molecule has 5 nitrogen and oxygen atoms in total. The Labute approximate surface area is 152 Å². The van der Waals surface area contributed by atoms with Crippen molar-refractivity contribution in [3.8, 4) is 0 Å². The summed E-state index contributed by atoms with van der Waals surface area (Å²) in [6.45, 7) is 4.48. The number of anilines is 1. The van der Waals surface area contributed by atoms with Gasteiger partial charge in [0.1, 0.15) is 5.03 Å². The van der Waals surface area contributed by atoms with E-state index in [4.69, 9.17) is 0 Å². The molecule has 1 fully saturated rings. The Morgan fingerprint density at radius 1 is 1.04 bits per heavy atom. The highest BCUT2D eigenvalue weighted by Gasteiger charge is 2.24. The van der Waals surface area contributed by atoms with Crippen LogP contribution in [0.4, 0.5) is 5.69 Å². The molecular weight excluding hydrogens is 334 g/mol. The number of ketones is 1. The summed E-state index contributed by atoms with van der Waals surface area (Å²) in [5.74, 6) is 0.118. The number of aromatic nitrogens is 1. The predicted octanol–water partition coefficient (Wildman–Crippen LogP) is 2.97. The van der Waals surface area contributed by atoms with Crippen molar-refractivity contribution in [3.05, 3.63) is 53.7 Å². The number of amides is 1. The fraction of sp³-hybridized carbons (Fsp3) is 0.316. The largest absolute Gasteiger partial charge is 0.368 e. The summed E-state index contributed by atoms with van der Waals surface area (Å²) in [7, 11) is 0. The molecule has 0 saturated carbocycles. The van der Waals surface area contributed by atoms with Gasteiger partial charge >= 0.3 is 0 Å². The molecule has 25 heavy (non-hydrogen) atoms. The number of piperazine rings is 1. The Balaban J connectivity index is 1.65. The monoisotopic (exact) mass is 355 g/mol. The van der Waals surface area contributed by atoms with Gasteiger partial charge in [-0.3, -0.25) is 9.59 Å². The van der Waals surface area contributed by atoms with Crippen LogP contribution in [-0.2, 0) is 0 Å². The summed E-state index contributed by atoms with van der Waals surface area (Å²) >= 11 is 1.49. The molecular formula is C19H21N3O2S. The lowest BCUT2D eigenvalue weighted by Gasteiger charge is -2.36. The maximum Gasteiger partial charge on any atom is 0.256 e. The van der Waals surface area contributed by atoms with Gasteiger partial charge in [0, 0.05) is 43.6 Å². The Hall–Kier alpha value is -2.34. The topological polar surface area (TPSA) is 53.5 Å². The van der Waals surface area contributed by atoms with Crippen LogP contribution in [0, 0.1) is 0 Å². The van der Waals surface area contributed by atoms with E-state index in [-0.39, 0.29) is 11.7 Å². The maximum atomic E-state index is 12.8. The van der Waals surface area contributed by atoms with Gasteiger partial charge in [0.25, 0.3) is 5.91 Å². The number of Topliss-reactive ketones (excluding diaryl/α,β-unsaturated/α-hetero) is 1. The van der Waals surface area contributed by atoms with Crippen molar-refractivity contribution in [2.75, 3.05) is 37.3 Å². The zero-order chi connectivity index (χ0) is 17.8. The number of carbonyl (C=O) groups is 2. The van der Waals surface area contributed by atoms with Gasteiger partial charge in [-0.2, -0.15) is 0 Å². The zero-order valence-electron chi connectivity index (χ0n) is 14.4. The Bertz CT molecular complexity index is 768. The number of hydrogen-bond acceptors (Lipinski definition) is 5. The van der Waals surface area contributed by atoms with Crippen LogP contribution in [0.2, 0.25) is 0 Å². The average Bonchev–Trinajstić information content (AvgIpc) is 2.67. The molecule has 0 atom stereocenters. The van der Waals surface area contributed by atoms with E-state index >= 15 is 0 Å². The van der Waals surface area contributed by atoms with Crippen molar-refractivity contribution in [1.29, 1.82) is 0 Å². The first-order valence-electron chi connectivity index (χ1n) is 8.24. The number of pyridine rings is 1. The minimum atomic E-state index is 0.0454. The van der Waals surface area contributed by atoms with E-state index in [1.807, 2.05) is 41.5 Å². The van der Waals surface area contributed by atoms with Crippen LogP contribution in [0.3, 0.4) is 0 Å². The lowest BCUT2D eigenvalue weighted by Crippen LogP contribution is -2.48. The first kappa shape index (κ1) is 17.5. The van der Waals surface area contributed by atoms with Gasteiger partial charge < -0.3 is 9.80 Å². The van der Waals surface area contributed by atoms with E-state index in [0.717, 1.165) is 29.4 Å². The number of nitrogens with zero attached hydrogens (tertiary/aromatic N) is 3. The molecule has 130 valence electrons. The van der Waals surface area contributed by atoms with Gasteiger partial charge in [0.15, 0.2) is 5.78 Å². The number of thioether (sulfide) groups is 1. The molecule has 0 bridgehead atoms. The summed E-state index contributed by atoms with van der Waals surface area (Å²) in [6, 6.07) is 11.3. The van der Waals surface area contributed by atoms with Gasteiger partial charge in [0.05, 0.1) is 5.56 Å². The Morgan fingerprint density at radius 3 is 2.32 bits per heavy atom. The number of benzene rings is 1. The summed E-state index contributed by atoms with van der Waals surface area (Å²) in [4.78, 5) is 32.5. The van der Waals surface area contributed by atoms with E-state index in [0.29, 0.717) is 18.7 Å². The highest BCUT2D eigenvalue weighted by Crippen LogP contribution is 2.21. The molecule has 1 saturated heterocycles. The standard InChI is InChI=1S/C19H21N3O2S/c1-14(23)15-5-7-16(8-6-15)21-10-12-22(13-11-21)19(24)17-4-3-9-20-18(17)25-2/h3-9H,10-13H2,1-2H3. The van der Waals surface area contributed by atoms with Gasteiger partial charge in [0.2, 0.25) is 0 Å². The zero-order valence-corrected chi connectivity index (χ0v) is 15.3. The van der Waals surface area contributed by atoms with Crippen LogP contribution in [0.5, 0.6) is 0 Å². The van der Waals surface area contributed by atoms with Crippen molar-refractivity contribution in [3.63, 3.8) is 0 Å². The SMILES string of the molecule is CSc1ncccc1C(=O)N1CCN(c2ccc(C(C)=O)cc2)CC1. The van der Waals surface area contributed by atoms with E-state index < -0.39 is 0 Å². The van der Waals surface area contributed by atoms with Crippen molar-refractivity contribution in [2.24, 2.45) is 0 Å². The lowest BCUT2D eigenvalue weighted by molar-refractivity contribution is 0.0742. The molecule has 2 heterocycles. The third kappa shape index (κ3) is 3.85. The van der Waals surface area contributed by atoms with Crippen LogP contribution < -0.4 is 4.90 Å². The van der Waals surface area contributed by atoms with E-state index in [2.05, 4.69) is 9.88 Å². The molecule has 0 spiro atoms. The fourth-order valence-electron chi connectivity index (χ4n) is 2.96. The van der Waals surface area contributed by atoms with Crippen molar-refractivity contribution in [2.45, 2.75) is 11.9 Å². The van der Waals surface area contributed by atoms with Gasteiger partial charge in [-0.05, 0) is 49.6 Å². The smallest absolute Gasteiger partial charge is 0.256 e. The minimum Gasteiger partial charge on any atom is -0.368 e. The molecule has 1 aliphatic rings. The van der Waals surface area contributed by atoms with Crippen molar-refractivity contribution < 1.29 is 9.59 Å². The van der Waals surface area contributed by atoms with E-state index in [9.17, 15) is 9.59 Å². The number of rotatable bonds is 4. The van der Waals surface area contributed by atoms with E-state index in [1.54, 1.807) is 19.2 Å². The second kappa shape index (κ2) is 7.70. The Kier molecular flexibility index (Phi) is 5.38. The summed E-state index contributed by atoms with van der Waals surface area (Å²) in [5, 5.41) is 0.773. The molecule has 2 aromatic rings. The highest BCUT2D eigenvalue weighted by molar-refractivity contribution is 7.98. The van der Waals surface area contributed by atoms with Crippen LogP contribution >= 0.6 is 11.8 Å². The fourth-order valence-corrected chi connectivity index (χ4v) is 3.50.